The zero-order valence-electron chi connectivity index (χ0n) is 20.8. The number of nitrogens with zero attached hydrogens (tertiary/aromatic N) is 3. The Balaban J connectivity index is 1.42. The number of rotatable bonds is 8. The number of anilines is 2. The minimum Gasteiger partial charge on any atom is -0.379 e. The van der Waals surface area contributed by atoms with E-state index in [-0.39, 0.29) is 35.4 Å². The monoisotopic (exact) mass is 566 g/mol. The first kappa shape index (κ1) is 26.9. The number of aromatic nitrogens is 3. The fourth-order valence-corrected chi connectivity index (χ4v) is 5.19. The van der Waals surface area contributed by atoms with Crippen molar-refractivity contribution in [3.05, 3.63) is 54.4 Å². The maximum absolute atomic E-state index is 14.4. The molecule has 2 aromatic heterocycles. The Kier molecular flexibility index (Phi) is 7.25. The van der Waals surface area contributed by atoms with Crippen molar-refractivity contribution in [2.24, 2.45) is 0 Å². The maximum atomic E-state index is 14.4. The van der Waals surface area contributed by atoms with Crippen molar-refractivity contribution in [1.82, 2.24) is 20.0 Å². The molecule has 0 saturated carbocycles. The Bertz CT molecular complexity index is 1570. The molecule has 14 heteroatoms. The molecular formula is C25H26F4N6O3S. The Hall–Kier alpha value is -3.65. The smallest absolute Gasteiger partial charge is 0.379 e. The van der Waals surface area contributed by atoms with E-state index in [1.165, 1.54) is 12.1 Å². The van der Waals surface area contributed by atoms with Crippen molar-refractivity contribution in [1.29, 1.82) is 0 Å². The Morgan fingerprint density at radius 2 is 1.95 bits per heavy atom. The van der Waals surface area contributed by atoms with E-state index in [9.17, 15) is 26.0 Å². The highest BCUT2D eigenvalue weighted by atomic mass is 32.2. The summed E-state index contributed by atoms with van der Waals surface area (Å²) in [7, 11) is -3.33. The number of benzene rings is 2. The van der Waals surface area contributed by atoms with Crippen LogP contribution < -0.4 is 16.0 Å². The number of sulfone groups is 1. The average Bonchev–Trinajstić information content (AvgIpc) is 3.48. The van der Waals surface area contributed by atoms with E-state index < -0.39 is 34.8 Å². The quantitative estimate of drug-likeness (QED) is 0.269. The predicted molar refractivity (Wildman–Crippen MR) is 138 cm³/mol. The molecule has 1 saturated heterocycles. The minimum atomic E-state index is -4.52. The van der Waals surface area contributed by atoms with E-state index in [0.29, 0.717) is 35.2 Å². The van der Waals surface area contributed by atoms with Crippen LogP contribution in [0.15, 0.2) is 57.9 Å². The lowest BCUT2D eigenvalue weighted by Crippen LogP contribution is -2.45. The normalized spacial score (nSPS) is 18.4. The second-order valence-electron chi connectivity index (χ2n) is 9.39. The third-order valence-electron chi connectivity index (χ3n) is 6.46. The summed E-state index contributed by atoms with van der Waals surface area (Å²) < 4.78 is 84.8. The number of hydrogen-bond donors (Lipinski definition) is 3. The van der Waals surface area contributed by atoms with Crippen LogP contribution in [0.5, 0.6) is 0 Å². The second-order valence-corrected chi connectivity index (χ2v) is 11.4. The van der Waals surface area contributed by atoms with Gasteiger partial charge in [-0.1, -0.05) is 11.2 Å². The third-order valence-corrected chi connectivity index (χ3v) is 7.58. The molecule has 0 spiro atoms. The van der Waals surface area contributed by atoms with Crippen LogP contribution >= 0.6 is 0 Å². The molecule has 39 heavy (non-hydrogen) atoms. The van der Waals surface area contributed by atoms with Crippen molar-refractivity contribution in [2.75, 3.05) is 30.0 Å². The molecule has 2 atom stereocenters. The number of fused-ring (bicyclic) bond motifs is 1. The summed E-state index contributed by atoms with van der Waals surface area (Å²) >= 11 is 0. The molecular weight excluding hydrogens is 540 g/mol. The van der Waals surface area contributed by atoms with Gasteiger partial charge in [0.2, 0.25) is 11.7 Å². The summed E-state index contributed by atoms with van der Waals surface area (Å²) in [5.74, 6) is 0.0881. The molecule has 0 bridgehead atoms. The summed E-state index contributed by atoms with van der Waals surface area (Å²) in [6.07, 6.45) is -4.01. The van der Waals surface area contributed by atoms with Crippen molar-refractivity contribution < 1.29 is 30.5 Å². The number of nitrogens with one attached hydrogen (secondary N) is 3. The van der Waals surface area contributed by atoms with Crippen LogP contribution in [0.4, 0.5) is 28.9 Å². The SMILES string of the molecule is CS(=O)(=O)c1ccc(NCc2nc(-c3cc4c(N[C@@H]5CCNC[C@@H]5F)cccc4n3CC(F)(F)F)no2)cc1. The fraction of sp³-hybridized carbons (Fsp3) is 0.360. The van der Waals surface area contributed by atoms with Gasteiger partial charge in [-0.2, -0.15) is 18.2 Å². The first-order chi connectivity index (χ1) is 18.5. The Labute approximate surface area is 221 Å². The summed E-state index contributed by atoms with van der Waals surface area (Å²) in [6.45, 7) is -0.375. The molecule has 0 unspecified atom stereocenters. The summed E-state index contributed by atoms with van der Waals surface area (Å²) in [4.78, 5) is 4.45. The van der Waals surface area contributed by atoms with Gasteiger partial charge in [0.15, 0.2) is 9.84 Å². The van der Waals surface area contributed by atoms with Crippen LogP contribution in [0.25, 0.3) is 22.4 Å². The van der Waals surface area contributed by atoms with E-state index in [1.54, 1.807) is 36.4 Å². The molecule has 1 aliphatic rings. The van der Waals surface area contributed by atoms with Gasteiger partial charge in [-0.25, -0.2) is 12.8 Å². The van der Waals surface area contributed by atoms with Crippen molar-refractivity contribution in [3.8, 4) is 11.5 Å². The van der Waals surface area contributed by atoms with Gasteiger partial charge in [-0.3, -0.25) is 0 Å². The van der Waals surface area contributed by atoms with E-state index in [4.69, 9.17) is 4.52 Å². The van der Waals surface area contributed by atoms with Gasteiger partial charge < -0.3 is 25.0 Å². The molecule has 1 aliphatic heterocycles. The molecule has 3 heterocycles. The van der Waals surface area contributed by atoms with Gasteiger partial charge in [0.25, 0.3) is 0 Å². The Morgan fingerprint density at radius 3 is 2.64 bits per heavy atom. The lowest BCUT2D eigenvalue weighted by atomic mass is 10.0. The van der Waals surface area contributed by atoms with Gasteiger partial charge in [0.1, 0.15) is 12.7 Å². The minimum absolute atomic E-state index is 0.0316. The van der Waals surface area contributed by atoms with Crippen molar-refractivity contribution >= 4 is 32.1 Å². The fourth-order valence-electron chi connectivity index (χ4n) is 4.56. The van der Waals surface area contributed by atoms with Gasteiger partial charge in [-0.15, -0.1) is 0 Å². The summed E-state index contributed by atoms with van der Waals surface area (Å²) in [6, 6.07) is 12.0. The van der Waals surface area contributed by atoms with Crippen LogP contribution in [0.3, 0.4) is 0 Å². The van der Waals surface area contributed by atoms with Crippen LogP contribution in [0.1, 0.15) is 12.3 Å². The van der Waals surface area contributed by atoms with E-state index in [1.807, 2.05) is 0 Å². The van der Waals surface area contributed by atoms with Crippen LogP contribution in [-0.4, -0.2) is 60.9 Å². The molecule has 1 fully saturated rings. The highest BCUT2D eigenvalue weighted by molar-refractivity contribution is 7.90. The molecule has 9 nitrogen and oxygen atoms in total. The summed E-state index contributed by atoms with van der Waals surface area (Å²) in [5.41, 5.74) is 1.51. The topological polar surface area (TPSA) is 114 Å². The van der Waals surface area contributed by atoms with Gasteiger partial charge in [0, 0.05) is 29.6 Å². The molecule has 4 aromatic rings. The lowest BCUT2D eigenvalue weighted by Gasteiger charge is -2.28. The van der Waals surface area contributed by atoms with E-state index >= 15 is 0 Å². The molecule has 0 amide bonds. The standard InChI is InChI=1S/C25H26F4N6O3S/c1-39(36,37)16-7-5-15(6-8-16)31-13-23-33-24(34-38-23)22-11-17-19(32-20-9-10-30-12-18(20)26)3-2-4-21(17)35(22)14-25(27,28)29/h2-8,11,18,20,30-32H,9-10,12-14H2,1H3/t18-,20+/m0/s1. The average molecular weight is 567 g/mol. The number of hydrogen-bond acceptors (Lipinski definition) is 8. The summed E-state index contributed by atoms with van der Waals surface area (Å²) in [5, 5.41) is 13.5. The highest BCUT2D eigenvalue weighted by Gasteiger charge is 2.32. The molecule has 0 radical (unpaired) electrons. The predicted octanol–water partition coefficient (Wildman–Crippen LogP) is 4.38. The maximum Gasteiger partial charge on any atom is 0.406 e. The molecule has 3 N–H and O–H groups in total. The third kappa shape index (κ3) is 6.17. The number of alkyl halides is 4. The lowest BCUT2D eigenvalue weighted by molar-refractivity contribution is -0.139. The van der Waals surface area contributed by atoms with Crippen LogP contribution in [0, 0.1) is 0 Å². The van der Waals surface area contributed by atoms with Crippen molar-refractivity contribution in [2.45, 2.75) is 42.8 Å². The van der Waals surface area contributed by atoms with E-state index in [0.717, 1.165) is 10.8 Å². The largest absolute Gasteiger partial charge is 0.406 e. The molecule has 0 aliphatic carbocycles. The van der Waals surface area contributed by atoms with Crippen molar-refractivity contribution in [3.63, 3.8) is 0 Å². The van der Waals surface area contributed by atoms with E-state index in [2.05, 4.69) is 26.1 Å². The van der Waals surface area contributed by atoms with Crippen LogP contribution in [-0.2, 0) is 22.9 Å². The molecule has 208 valence electrons. The second kappa shape index (κ2) is 10.5. The molecule has 2 aromatic carbocycles. The van der Waals surface area contributed by atoms with Gasteiger partial charge >= 0.3 is 6.18 Å². The first-order valence-corrected chi connectivity index (χ1v) is 14.0. The van der Waals surface area contributed by atoms with Gasteiger partial charge in [0.05, 0.1) is 28.7 Å². The highest BCUT2D eigenvalue weighted by Crippen LogP contribution is 2.35. The van der Waals surface area contributed by atoms with Gasteiger partial charge in [-0.05, 0) is 55.4 Å². The van der Waals surface area contributed by atoms with Crippen LogP contribution in [0.2, 0.25) is 0 Å². The number of halogens is 4. The Morgan fingerprint density at radius 1 is 1.18 bits per heavy atom. The first-order valence-electron chi connectivity index (χ1n) is 12.2. The molecule has 5 rings (SSSR count). The zero-order chi connectivity index (χ0) is 27.8. The zero-order valence-corrected chi connectivity index (χ0v) is 21.6. The number of piperidine rings is 1.